The second-order valence-corrected chi connectivity index (χ2v) is 7.64. The van der Waals surface area contributed by atoms with Crippen molar-refractivity contribution in [2.75, 3.05) is 26.9 Å². The van der Waals surface area contributed by atoms with E-state index in [0.29, 0.717) is 24.7 Å². The first-order chi connectivity index (χ1) is 16.2. The van der Waals surface area contributed by atoms with Gasteiger partial charge in [-0.1, -0.05) is 38.1 Å². The fraction of sp³-hybridized carbons (Fsp3) is 0.481. The van der Waals surface area contributed by atoms with Crippen LogP contribution in [0.25, 0.3) is 0 Å². The molecule has 6 heteroatoms. The van der Waals surface area contributed by atoms with Crippen LogP contribution in [0.4, 0.5) is 5.69 Å². The summed E-state index contributed by atoms with van der Waals surface area (Å²) in [6.45, 7) is 10.7. The number of benzene rings is 2. The molecule has 1 aliphatic rings. The van der Waals surface area contributed by atoms with Crippen LogP contribution in [-0.4, -0.2) is 50.5 Å². The summed E-state index contributed by atoms with van der Waals surface area (Å²) in [5.74, 6) is 1.38. The summed E-state index contributed by atoms with van der Waals surface area (Å²) < 4.78 is 16.8. The molecule has 1 atom stereocenters. The smallest absolute Gasteiger partial charge is 0.210 e. The third-order valence-electron chi connectivity index (χ3n) is 5.47. The second-order valence-electron chi connectivity index (χ2n) is 7.64. The Hall–Kier alpha value is -2.86. The minimum absolute atomic E-state index is 0.0724. The largest absolute Gasteiger partial charge is 0.493 e. The first-order valence-corrected chi connectivity index (χ1v) is 11.9. The number of hydrogen-bond acceptors (Lipinski definition) is 5. The molecule has 0 bridgehead atoms. The lowest BCUT2D eigenvalue weighted by Gasteiger charge is -2.31. The van der Waals surface area contributed by atoms with Crippen molar-refractivity contribution in [1.29, 1.82) is 0 Å². The number of unbranched alkanes of at least 4 members (excludes halogenated alkanes) is 1. The van der Waals surface area contributed by atoms with Gasteiger partial charge >= 0.3 is 0 Å². The van der Waals surface area contributed by atoms with Crippen LogP contribution >= 0.6 is 0 Å². The van der Waals surface area contributed by atoms with Gasteiger partial charge in [-0.3, -0.25) is 9.79 Å². The SMILES string of the molecule is CC.CCOCCCCOc1cc(N=CC2Cc3ccccc3CN2C=O)c(C)cc1OC. The quantitative estimate of drug-likeness (QED) is 0.255. The number of ether oxygens (including phenoxy) is 3. The number of nitrogens with zero attached hydrogens (tertiary/aromatic N) is 2. The molecular weight excluding hydrogens is 416 g/mol. The molecule has 0 aromatic heterocycles. The molecule has 0 saturated carbocycles. The van der Waals surface area contributed by atoms with Crippen LogP contribution in [-0.2, 0) is 22.5 Å². The van der Waals surface area contributed by atoms with E-state index in [1.54, 1.807) is 12.0 Å². The number of carbonyl (C=O) groups excluding carboxylic acids is 1. The minimum atomic E-state index is -0.0724. The van der Waals surface area contributed by atoms with E-state index in [4.69, 9.17) is 19.2 Å². The molecule has 1 unspecified atom stereocenters. The van der Waals surface area contributed by atoms with E-state index in [1.165, 1.54) is 11.1 Å². The predicted molar refractivity (Wildman–Crippen MR) is 134 cm³/mol. The van der Waals surface area contributed by atoms with Crippen molar-refractivity contribution in [2.24, 2.45) is 4.99 Å². The summed E-state index contributed by atoms with van der Waals surface area (Å²) in [5.41, 5.74) is 4.26. The zero-order valence-electron chi connectivity index (χ0n) is 20.7. The van der Waals surface area contributed by atoms with Gasteiger partial charge in [-0.05, 0) is 55.9 Å². The average molecular weight is 455 g/mol. The van der Waals surface area contributed by atoms with Gasteiger partial charge in [0.15, 0.2) is 11.5 Å². The third kappa shape index (κ3) is 7.60. The summed E-state index contributed by atoms with van der Waals surface area (Å²) in [4.78, 5) is 18.1. The normalized spacial score (nSPS) is 14.9. The molecule has 3 rings (SSSR count). The van der Waals surface area contributed by atoms with E-state index in [1.807, 2.05) is 58.2 Å². The van der Waals surface area contributed by atoms with Gasteiger partial charge in [-0.2, -0.15) is 0 Å². The van der Waals surface area contributed by atoms with Gasteiger partial charge < -0.3 is 19.1 Å². The highest BCUT2D eigenvalue weighted by atomic mass is 16.5. The topological polar surface area (TPSA) is 60.4 Å². The standard InChI is InChI=1S/C25H32N2O4.C2H6/c1-4-30-11-7-8-12-31-25-15-23(19(2)13-24(25)29-3)26-16-22-14-20-9-5-6-10-21(20)17-27(22)18-28;1-2/h5-6,9-10,13,15-16,18,22H,4,7-8,11-12,14,17H2,1-3H3;1-2H3. The van der Waals surface area contributed by atoms with Crippen LogP contribution in [0.1, 0.15) is 50.3 Å². The van der Waals surface area contributed by atoms with E-state index < -0.39 is 0 Å². The Morgan fingerprint density at radius 3 is 2.52 bits per heavy atom. The Balaban J connectivity index is 0.00000187. The first-order valence-electron chi connectivity index (χ1n) is 11.9. The zero-order valence-corrected chi connectivity index (χ0v) is 20.7. The maximum atomic E-state index is 11.6. The lowest BCUT2D eigenvalue weighted by Crippen LogP contribution is -2.40. The molecule has 33 heavy (non-hydrogen) atoms. The van der Waals surface area contributed by atoms with Crippen LogP contribution in [0.2, 0.25) is 0 Å². The third-order valence-corrected chi connectivity index (χ3v) is 5.47. The summed E-state index contributed by atoms with van der Waals surface area (Å²) in [5, 5.41) is 0. The van der Waals surface area contributed by atoms with Crippen LogP contribution in [0.15, 0.2) is 41.4 Å². The molecule has 0 fully saturated rings. The molecule has 0 radical (unpaired) electrons. The highest BCUT2D eigenvalue weighted by Crippen LogP contribution is 2.35. The van der Waals surface area contributed by atoms with Gasteiger partial charge in [0, 0.05) is 32.0 Å². The molecule has 1 aliphatic heterocycles. The number of methoxy groups -OCH3 is 1. The monoisotopic (exact) mass is 454 g/mol. The summed E-state index contributed by atoms with van der Waals surface area (Å²) in [6.07, 6.45) is 5.40. The molecule has 2 aromatic rings. The van der Waals surface area contributed by atoms with Gasteiger partial charge in [0.25, 0.3) is 0 Å². The van der Waals surface area contributed by atoms with Gasteiger partial charge in [-0.25, -0.2) is 0 Å². The first kappa shape index (κ1) is 26.4. The van der Waals surface area contributed by atoms with Gasteiger partial charge in [0.1, 0.15) is 0 Å². The fourth-order valence-electron chi connectivity index (χ4n) is 3.68. The predicted octanol–water partition coefficient (Wildman–Crippen LogP) is 5.51. The van der Waals surface area contributed by atoms with Crippen molar-refractivity contribution < 1.29 is 19.0 Å². The number of rotatable bonds is 11. The zero-order chi connectivity index (χ0) is 24.1. The summed E-state index contributed by atoms with van der Waals surface area (Å²) >= 11 is 0. The van der Waals surface area contributed by atoms with E-state index in [2.05, 4.69) is 12.1 Å². The van der Waals surface area contributed by atoms with E-state index in [-0.39, 0.29) is 6.04 Å². The molecule has 6 nitrogen and oxygen atoms in total. The number of fused-ring (bicyclic) bond motifs is 1. The molecule has 0 saturated heterocycles. The number of amides is 1. The Morgan fingerprint density at radius 1 is 1.09 bits per heavy atom. The van der Waals surface area contributed by atoms with Crippen molar-refractivity contribution in [2.45, 2.75) is 59.5 Å². The summed E-state index contributed by atoms with van der Waals surface area (Å²) in [7, 11) is 1.64. The van der Waals surface area contributed by atoms with Crippen LogP contribution in [0.3, 0.4) is 0 Å². The fourth-order valence-corrected chi connectivity index (χ4v) is 3.68. The Bertz CT molecular complexity index is 898. The number of carbonyl (C=O) groups is 1. The maximum absolute atomic E-state index is 11.6. The molecule has 0 N–H and O–H groups in total. The molecule has 0 aliphatic carbocycles. The molecule has 180 valence electrons. The summed E-state index contributed by atoms with van der Waals surface area (Å²) in [6, 6.07) is 12.0. The van der Waals surface area contributed by atoms with Crippen molar-refractivity contribution >= 4 is 18.3 Å². The Kier molecular flexibility index (Phi) is 11.5. The Morgan fingerprint density at radius 2 is 1.82 bits per heavy atom. The van der Waals surface area contributed by atoms with E-state index in [9.17, 15) is 4.79 Å². The number of aryl methyl sites for hydroxylation is 1. The van der Waals surface area contributed by atoms with Crippen molar-refractivity contribution in [1.82, 2.24) is 4.90 Å². The molecule has 1 amide bonds. The van der Waals surface area contributed by atoms with Crippen LogP contribution in [0.5, 0.6) is 11.5 Å². The minimum Gasteiger partial charge on any atom is -0.493 e. The number of hydrogen-bond donors (Lipinski definition) is 0. The number of aliphatic imine (C=N–C) groups is 1. The lowest BCUT2D eigenvalue weighted by atomic mass is 9.95. The van der Waals surface area contributed by atoms with Gasteiger partial charge in [-0.15, -0.1) is 0 Å². The average Bonchev–Trinajstić information content (AvgIpc) is 2.86. The van der Waals surface area contributed by atoms with Gasteiger partial charge in [0.2, 0.25) is 6.41 Å². The van der Waals surface area contributed by atoms with Crippen molar-refractivity contribution in [3.63, 3.8) is 0 Å². The van der Waals surface area contributed by atoms with Crippen molar-refractivity contribution in [3.05, 3.63) is 53.1 Å². The van der Waals surface area contributed by atoms with Gasteiger partial charge in [0.05, 0.1) is 25.4 Å². The van der Waals surface area contributed by atoms with E-state index in [0.717, 1.165) is 50.1 Å². The molecule has 1 heterocycles. The highest BCUT2D eigenvalue weighted by Gasteiger charge is 2.23. The van der Waals surface area contributed by atoms with Crippen molar-refractivity contribution in [3.8, 4) is 11.5 Å². The maximum Gasteiger partial charge on any atom is 0.210 e. The Labute approximate surface area is 198 Å². The molecular formula is C27H38N2O4. The second kappa shape index (κ2) is 14.3. The van der Waals surface area contributed by atoms with Crippen LogP contribution in [0, 0.1) is 6.92 Å². The van der Waals surface area contributed by atoms with Crippen LogP contribution < -0.4 is 9.47 Å². The molecule has 2 aromatic carbocycles. The van der Waals surface area contributed by atoms with E-state index >= 15 is 0 Å². The molecule has 0 spiro atoms. The highest BCUT2D eigenvalue weighted by molar-refractivity contribution is 5.74. The lowest BCUT2D eigenvalue weighted by molar-refractivity contribution is -0.119.